The summed E-state index contributed by atoms with van der Waals surface area (Å²) in [5.41, 5.74) is 13.6. The predicted molar refractivity (Wildman–Crippen MR) is 121 cm³/mol. The summed E-state index contributed by atoms with van der Waals surface area (Å²) in [6.07, 6.45) is -0.848. The van der Waals surface area contributed by atoms with E-state index in [-0.39, 0.29) is 12.5 Å². The second-order valence-electron chi connectivity index (χ2n) is 7.02. The van der Waals surface area contributed by atoms with Crippen LogP contribution in [0.4, 0.5) is 10.5 Å². The molecule has 1 heterocycles. The molecule has 4 N–H and O–H groups in total. The molecule has 3 rings (SSSR count). The second-order valence-corrected chi connectivity index (χ2v) is 8.95. The molecule has 6 nitrogen and oxygen atoms in total. The van der Waals surface area contributed by atoms with E-state index in [1.165, 1.54) is 11.8 Å². The van der Waals surface area contributed by atoms with E-state index in [1.807, 2.05) is 41.0 Å². The Balaban J connectivity index is 2.08. The van der Waals surface area contributed by atoms with Crippen LogP contribution in [0.25, 0.3) is 0 Å². The van der Waals surface area contributed by atoms with Crippen molar-refractivity contribution in [1.82, 2.24) is 9.55 Å². The average Bonchev–Trinajstić information content (AvgIpc) is 2.98. The number of carbonyl (C=O) groups excluding carboxylic acids is 1. The fourth-order valence-electron chi connectivity index (χ4n) is 2.90. The van der Waals surface area contributed by atoms with Crippen molar-refractivity contribution in [1.29, 1.82) is 0 Å². The minimum atomic E-state index is -0.848. The molecule has 0 unspecified atom stereocenters. The second kappa shape index (κ2) is 9.64. The van der Waals surface area contributed by atoms with Gasteiger partial charge in [0.2, 0.25) is 0 Å². The molecule has 0 bridgehead atoms. The first-order valence-electron chi connectivity index (χ1n) is 9.23. The lowest BCUT2D eigenvalue weighted by molar-refractivity contribution is 0.145. The van der Waals surface area contributed by atoms with Gasteiger partial charge in [0.25, 0.3) is 0 Å². The van der Waals surface area contributed by atoms with Crippen LogP contribution in [-0.2, 0) is 17.9 Å². The first-order valence-corrected chi connectivity index (χ1v) is 10.8. The van der Waals surface area contributed by atoms with Gasteiger partial charge in [-0.15, -0.1) is 0 Å². The first-order chi connectivity index (χ1) is 14.2. The van der Waals surface area contributed by atoms with E-state index in [0.29, 0.717) is 28.1 Å². The minimum Gasteiger partial charge on any atom is -0.442 e. The Kier molecular flexibility index (Phi) is 7.18. The number of rotatable bonds is 7. The summed E-state index contributed by atoms with van der Waals surface area (Å²) >= 11 is 13.9. The van der Waals surface area contributed by atoms with E-state index in [0.717, 1.165) is 21.2 Å². The van der Waals surface area contributed by atoms with E-state index in [2.05, 4.69) is 13.8 Å². The molecule has 158 valence electrons. The molecule has 0 aliphatic rings. The number of hydrogen-bond donors (Lipinski definition) is 2. The Bertz CT molecular complexity index is 1030. The third-order valence-corrected chi connectivity index (χ3v) is 5.82. The van der Waals surface area contributed by atoms with Crippen LogP contribution in [-0.4, -0.2) is 15.6 Å². The molecule has 1 amide bonds. The molecular formula is C21H22Cl2N4O2S. The highest BCUT2D eigenvalue weighted by molar-refractivity contribution is 7.99. The van der Waals surface area contributed by atoms with Crippen molar-refractivity contribution in [2.75, 3.05) is 5.73 Å². The molecular weight excluding hydrogens is 443 g/mol. The fraction of sp³-hybridized carbons (Fsp3) is 0.238. The van der Waals surface area contributed by atoms with E-state index in [1.54, 1.807) is 6.07 Å². The zero-order chi connectivity index (χ0) is 21.8. The number of nitrogen functional groups attached to an aromatic ring is 1. The van der Waals surface area contributed by atoms with Gasteiger partial charge in [-0.2, -0.15) is 0 Å². The van der Waals surface area contributed by atoms with Crippen molar-refractivity contribution in [3.63, 3.8) is 0 Å². The van der Waals surface area contributed by atoms with Crippen LogP contribution >= 0.6 is 35.0 Å². The van der Waals surface area contributed by atoms with Crippen molar-refractivity contribution in [2.24, 2.45) is 5.73 Å². The highest BCUT2D eigenvalue weighted by Crippen LogP contribution is 2.37. The molecule has 9 heteroatoms. The molecule has 0 aliphatic carbocycles. The Hall–Kier alpha value is -2.35. The molecule has 0 aliphatic heterocycles. The lowest BCUT2D eigenvalue weighted by Gasteiger charge is -2.14. The van der Waals surface area contributed by atoms with Crippen LogP contribution in [0.15, 0.2) is 52.4 Å². The summed E-state index contributed by atoms with van der Waals surface area (Å²) in [6.45, 7) is 4.61. The number of aromatic nitrogens is 2. The largest absolute Gasteiger partial charge is 0.442 e. The molecule has 0 atom stereocenters. The normalized spacial score (nSPS) is 11.1. The fourth-order valence-corrected chi connectivity index (χ4v) is 4.82. The van der Waals surface area contributed by atoms with Crippen molar-refractivity contribution >= 4 is 46.7 Å². The standard InChI is InChI=1S/C21H22Cl2N4O2S/c1-12(2)19-20(30-17-8-14(22)7-15(23)9-17)27(18(26-19)11-29-21(25)28)10-13-3-5-16(24)6-4-13/h3-9,12H,10-11,24H2,1-2H3,(H2,25,28). The number of primary amides is 1. The zero-order valence-electron chi connectivity index (χ0n) is 16.6. The monoisotopic (exact) mass is 464 g/mol. The van der Waals surface area contributed by atoms with E-state index >= 15 is 0 Å². The van der Waals surface area contributed by atoms with Gasteiger partial charge in [0.1, 0.15) is 10.9 Å². The molecule has 30 heavy (non-hydrogen) atoms. The van der Waals surface area contributed by atoms with Gasteiger partial charge in [0.15, 0.2) is 6.61 Å². The number of carbonyl (C=O) groups is 1. The molecule has 0 fully saturated rings. The Labute approximate surface area is 189 Å². The number of nitrogens with zero attached hydrogens (tertiary/aromatic N) is 2. The molecule has 3 aromatic rings. The Morgan fingerprint density at radius 2 is 1.80 bits per heavy atom. The Morgan fingerprint density at radius 3 is 2.37 bits per heavy atom. The van der Waals surface area contributed by atoms with Gasteiger partial charge in [0.05, 0.1) is 5.69 Å². The van der Waals surface area contributed by atoms with Crippen LogP contribution < -0.4 is 11.5 Å². The number of amides is 1. The smallest absolute Gasteiger partial charge is 0.404 e. The van der Waals surface area contributed by atoms with Crippen molar-refractivity contribution < 1.29 is 9.53 Å². The number of nitrogens with two attached hydrogens (primary N) is 2. The van der Waals surface area contributed by atoms with Crippen molar-refractivity contribution in [2.45, 2.75) is 42.8 Å². The summed E-state index contributed by atoms with van der Waals surface area (Å²) in [4.78, 5) is 16.8. The number of anilines is 1. The van der Waals surface area contributed by atoms with E-state index < -0.39 is 6.09 Å². The zero-order valence-corrected chi connectivity index (χ0v) is 18.9. The van der Waals surface area contributed by atoms with Crippen LogP contribution in [0.2, 0.25) is 10.0 Å². The summed E-state index contributed by atoms with van der Waals surface area (Å²) in [7, 11) is 0. The van der Waals surface area contributed by atoms with Crippen LogP contribution in [0.3, 0.4) is 0 Å². The van der Waals surface area contributed by atoms with E-state index in [4.69, 9.17) is 44.4 Å². The maximum absolute atomic E-state index is 11.2. The van der Waals surface area contributed by atoms with Crippen molar-refractivity contribution in [3.8, 4) is 0 Å². The van der Waals surface area contributed by atoms with E-state index in [9.17, 15) is 4.79 Å². The van der Waals surface area contributed by atoms with Crippen LogP contribution in [0, 0.1) is 0 Å². The third kappa shape index (κ3) is 5.62. The lowest BCUT2D eigenvalue weighted by Crippen LogP contribution is -2.15. The molecule has 2 aromatic carbocycles. The highest BCUT2D eigenvalue weighted by Gasteiger charge is 2.22. The summed E-state index contributed by atoms with van der Waals surface area (Å²) in [5, 5.41) is 2.03. The number of imidazole rings is 1. The predicted octanol–water partition coefficient (Wildman–Crippen LogP) is 5.69. The lowest BCUT2D eigenvalue weighted by atomic mass is 10.1. The average molecular weight is 465 g/mol. The summed E-state index contributed by atoms with van der Waals surface area (Å²) in [5.74, 6) is 0.743. The molecule has 0 radical (unpaired) electrons. The van der Waals surface area contributed by atoms with Crippen molar-refractivity contribution in [3.05, 3.63) is 69.6 Å². The number of benzene rings is 2. The summed E-state index contributed by atoms with van der Waals surface area (Å²) in [6, 6.07) is 13.0. The van der Waals surface area contributed by atoms with Crippen LogP contribution in [0.1, 0.15) is 36.8 Å². The number of hydrogen-bond acceptors (Lipinski definition) is 5. The maximum Gasteiger partial charge on any atom is 0.404 e. The molecule has 0 saturated heterocycles. The van der Waals surface area contributed by atoms with Gasteiger partial charge in [-0.25, -0.2) is 9.78 Å². The SMILES string of the molecule is CC(C)c1nc(COC(N)=O)n(Cc2ccc(N)cc2)c1Sc1cc(Cl)cc(Cl)c1. The van der Waals surface area contributed by atoms with Gasteiger partial charge in [-0.05, 0) is 41.8 Å². The third-order valence-electron chi connectivity index (χ3n) is 4.29. The maximum atomic E-state index is 11.2. The summed E-state index contributed by atoms with van der Waals surface area (Å²) < 4.78 is 7.06. The highest BCUT2D eigenvalue weighted by atomic mass is 35.5. The number of halogens is 2. The topological polar surface area (TPSA) is 96.2 Å². The molecule has 1 aromatic heterocycles. The van der Waals surface area contributed by atoms with Gasteiger partial charge in [0, 0.05) is 27.2 Å². The quantitative estimate of drug-likeness (QED) is 0.437. The molecule has 0 saturated carbocycles. The molecule has 0 spiro atoms. The van der Waals surface area contributed by atoms with Gasteiger partial charge in [-0.3, -0.25) is 0 Å². The number of ether oxygens (including phenoxy) is 1. The Morgan fingerprint density at radius 1 is 1.17 bits per heavy atom. The van der Waals surface area contributed by atoms with Gasteiger partial charge < -0.3 is 20.8 Å². The van der Waals surface area contributed by atoms with Crippen LogP contribution in [0.5, 0.6) is 0 Å². The van der Waals surface area contributed by atoms with Gasteiger partial charge in [-0.1, -0.05) is 60.9 Å². The first kappa shape index (κ1) is 22.3. The minimum absolute atomic E-state index is 0.0269. The van der Waals surface area contributed by atoms with Gasteiger partial charge >= 0.3 is 6.09 Å².